The van der Waals surface area contributed by atoms with Gasteiger partial charge < -0.3 is 4.55 Å². The van der Waals surface area contributed by atoms with Crippen LogP contribution in [0.25, 0.3) is 0 Å². The van der Waals surface area contributed by atoms with Crippen LogP contribution in [-0.2, 0) is 22.9 Å². The fourth-order valence-electron chi connectivity index (χ4n) is 1.22. The van der Waals surface area contributed by atoms with Gasteiger partial charge in [-0.3, -0.25) is 0 Å². The van der Waals surface area contributed by atoms with Crippen LogP contribution >= 0.6 is 0 Å². The van der Waals surface area contributed by atoms with Crippen LogP contribution in [0.4, 0.5) is 13.2 Å². The quantitative estimate of drug-likeness (QED) is 0.837. The fraction of sp³-hybridized carbons (Fsp3) is 0.333. The topological polar surface area (TPSA) is 69.2 Å². The molecule has 0 bridgehead atoms. The highest BCUT2D eigenvalue weighted by Gasteiger charge is 2.30. The number of hydrogen-bond acceptors (Lipinski definition) is 3. The Bertz CT molecular complexity index is 485. The van der Waals surface area contributed by atoms with Crippen molar-refractivity contribution in [1.29, 1.82) is 0 Å². The number of alkyl halides is 3. The molecule has 0 spiro atoms. The minimum absolute atomic E-state index is 0.0192. The summed E-state index contributed by atoms with van der Waals surface area (Å²) in [5.41, 5.74) is -0.504. The van der Waals surface area contributed by atoms with E-state index in [1.165, 1.54) is 12.1 Å². The van der Waals surface area contributed by atoms with Gasteiger partial charge in [0, 0.05) is 6.54 Å². The van der Waals surface area contributed by atoms with Gasteiger partial charge in [0.25, 0.3) is 0 Å². The van der Waals surface area contributed by atoms with E-state index in [4.69, 9.17) is 0 Å². The van der Waals surface area contributed by atoms with Crippen molar-refractivity contribution >= 4 is 10.3 Å². The first-order valence-electron chi connectivity index (χ1n) is 4.55. The minimum Gasteiger partial charge on any atom is -0.735 e. The third-order valence-electron chi connectivity index (χ3n) is 1.95. The molecule has 0 saturated heterocycles. The van der Waals surface area contributed by atoms with Gasteiger partial charge in [-0.05, 0) is 18.1 Å². The first kappa shape index (κ1) is 13.9. The molecule has 0 radical (unpaired) electrons. The number of rotatable bonds is 4. The van der Waals surface area contributed by atoms with E-state index in [-0.39, 0.29) is 13.0 Å². The monoisotopic (exact) mass is 268 g/mol. The molecule has 96 valence electrons. The Labute approximate surface area is 96.3 Å². The fourth-order valence-corrected chi connectivity index (χ4v) is 1.58. The number of hydrogen-bond donors (Lipinski definition) is 1. The number of halogens is 3. The van der Waals surface area contributed by atoms with Crippen LogP contribution in [-0.4, -0.2) is 19.5 Å². The summed E-state index contributed by atoms with van der Waals surface area (Å²) in [6.45, 7) is -0.229. The van der Waals surface area contributed by atoms with Crippen molar-refractivity contribution in [2.75, 3.05) is 6.54 Å². The molecule has 0 aliphatic rings. The highest BCUT2D eigenvalue weighted by atomic mass is 32.2. The van der Waals surface area contributed by atoms with Crippen LogP contribution in [0, 0.1) is 0 Å². The Morgan fingerprint density at radius 2 is 1.94 bits per heavy atom. The Morgan fingerprint density at radius 3 is 2.47 bits per heavy atom. The largest absolute Gasteiger partial charge is 0.735 e. The first-order valence-corrected chi connectivity index (χ1v) is 5.96. The van der Waals surface area contributed by atoms with Crippen molar-refractivity contribution in [3.05, 3.63) is 35.4 Å². The summed E-state index contributed by atoms with van der Waals surface area (Å²) in [4.78, 5) is 0. The molecule has 1 aromatic rings. The van der Waals surface area contributed by atoms with Crippen LogP contribution in [0.5, 0.6) is 0 Å². The summed E-state index contributed by atoms with van der Waals surface area (Å²) in [6, 6.07) is 4.48. The second kappa shape index (κ2) is 5.03. The molecular weight excluding hydrogens is 259 g/mol. The van der Waals surface area contributed by atoms with Crippen molar-refractivity contribution in [2.45, 2.75) is 12.6 Å². The Hall–Kier alpha value is -1.12. The molecule has 8 heteroatoms. The van der Waals surface area contributed by atoms with Crippen molar-refractivity contribution in [3.8, 4) is 0 Å². The summed E-state index contributed by atoms with van der Waals surface area (Å²) in [5, 5.41) is 0. The SMILES string of the molecule is O=S(=O)([O-])NCCc1cccc(C(F)(F)F)c1. The van der Waals surface area contributed by atoms with Crippen LogP contribution in [0.15, 0.2) is 24.3 Å². The third-order valence-corrected chi connectivity index (χ3v) is 2.50. The summed E-state index contributed by atoms with van der Waals surface area (Å²) in [5.74, 6) is 0. The van der Waals surface area contributed by atoms with E-state index < -0.39 is 22.0 Å². The average Bonchev–Trinajstić information content (AvgIpc) is 2.15. The molecule has 0 atom stereocenters. The second-order valence-electron chi connectivity index (χ2n) is 3.30. The number of nitrogens with one attached hydrogen (secondary N) is 1. The van der Waals surface area contributed by atoms with Gasteiger partial charge in [-0.1, -0.05) is 18.2 Å². The summed E-state index contributed by atoms with van der Waals surface area (Å²) in [7, 11) is -4.56. The van der Waals surface area contributed by atoms with Gasteiger partial charge in [-0.15, -0.1) is 0 Å². The van der Waals surface area contributed by atoms with Gasteiger partial charge in [-0.25, -0.2) is 13.1 Å². The highest BCUT2D eigenvalue weighted by Crippen LogP contribution is 2.29. The van der Waals surface area contributed by atoms with Gasteiger partial charge in [0.2, 0.25) is 0 Å². The predicted octanol–water partition coefficient (Wildman–Crippen LogP) is 1.30. The third kappa shape index (κ3) is 5.16. The van der Waals surface area contributed by atoms with Crippen molar-refractivity contribution in [2.24, 2.45) is 0 Å². The molecule has 0 aliphatic carbocycles. The summed E-state index contributed by atoms with van der Waals surface area (Å²) in [6.07, 6.45) is -4.42. The Morgan fingerprint density at radius 1 is 1.29 bits per heavy atom. The van der Waals surface area contributed by atoms with Crippen molar-refractivity contribution in [1.82, 2.24) is 4.72 Å². The molecule has 0 aromatic heterocycles. The van der Waals surface area contributed by atoms with Crippen LogP contribution in [0.3, 0.4) is 0 Å². The smallest absolute Gasteiger partial charge is 0.416 e. The lowest BCUT2D eigenvalue weighted by molar-refractivity contribution is -0.137. The average molecular weight is 268 g/mol. The summed E-state index contributed by atoms with van der Waals surface area (Å²) < 4.78 is 69.2. The van der Waals surface area contributed by atoms with Gasteiger partial charge in [-0.2, -0.15) is 13.2 Å². The minimum atomic E-state index is -4.56. The zero-order valence-corrected chi connectivity index (χ0v) is 9.31. The molecule has 0 amide bonds. The van der Waals surface area contributed by atoms with E-state index >= 15 is 0 Å². The Balaban J connectivity index is 2.67. The molecule has 0 aliphatic heterocycles. The summed E-state index contributed by atoms with van der Waals surface area (Å²) >= 11 is 0. The van der Waals surface area contributed by atoms with E-state index in [2.05, 4.69) is 0 Å². The lowest BCUT2D eigenvalue weighted by Gasteiger charge is -2.10. The van der Waals surface area contributed by atoms with Crippen molar-refractivity contribution in [3.63, 3.8) is 0 Å². The molecule has 1 aromatic carbocycles. The van der Waals surface area contributed by atoms with Crippen LogP contribution < -0.4 is 4.72 Å². The maximum Gasteiger partial charge on any atom is 0.416 e. The van der Waals surface area contributed by atoms with E-state index in [9.17, 15) is 26.1 Å². The maximum atomic E-state index is 12.3. The first-order chi connectivity index (χ1) is 7.68. The lowest BCUT2D eigenvalue weighted by Crippen LogP contribution is -2.25. The molecule has 1 N–H and O–H groups in total. The van der Waals surface area contributed by atoms with E-state index in [1.54, 1.807) is 4.72 Å². The second-order valence-corrected chi connectivity index (χ2v) is 4.49. The lowest BCUT2D eigenvalue weighted by atomic mass is 10.1. The molecule has 17 heavy (non-hydrogen) atoms. The van der Waals surface area contributed by atoms with Crippen LogP contribution in [0.2, 0.25) is 0 Å². The molecule has 0 saturated carbocycles. The van der Waals surface area contributed by atoms with Gasteiger partial charge in [0.1, 0.15) is 0 Å². The molecular formula is C9H9F3NO3S-. The van der Waals surface area contributed by atoms with E-state index in [0.717, 1.165) is 12.1 Å². The molecule has 1 rings (SSSR count). The van der Waals surface area contributed by atoms with Gasteiger partial charge >= 0.3 is 6.18 Å². The predicted molar refractivity (Wildman–Crippen MR) is 52.8 cm³/mol. The highest BCUT2D eigenvalue weighted by molar-refractivity contribution is 7.83. The molecule has 0 unspecified atom stereocenters. The zero-order chi connectivity index (χ0) is 13.1. The maximum absolute atomic E-state index is 12.3. The normalized spacial score (nSPS) is 12.7. The standard InChI is InChI=1S/C9H10F3NO3S/c10-9(11,12)8-3-1-2-7(6-8)4-5-13-17(14,15)16/h1-3,6,13H,4-5H2,(H,14,15,16)/p-1. The van der Waals surface area contributed by atoms with Gasteiger partial charge in [0.15, 0.2) is 10.3 Å². The molecule has 0 heterocycles. The van der Waals surface area contributed by atoms with Gasteiger partial charge in [0.05, 0.1) is 5.56 Å². The molecule has 0 fully saturated rings. The Kier molecular flexibility index (Phi) is 4.12. The number of benzene rings is 1. The van der Waals surface area contributed by atoms with E-state index in [0.29, 0.717) is 5.56 Å². The van der Waals surface area contributed by atoms with Crippen LogP contribution in [0.1, 0.15) is 11.1 Å². The van der Waals surface area contributed by atoms with E-state index in [1.807, 2.05) is 0 Å². The zero-order valence-electron chi connectivity index (χ0n) is 8.49. The molecule has 4 nitrogen and oxygen atoms in total. The van der Waals surface area contributed by atoms with Crippen molar-refractivity contribution < 1.29 is 26.1 Å².